The van der Waals surface area contributed by atoms with Crippen molar-refractivity contribution < 1.29 is 21.6 Å². The first-order valence-electron chi connectivity index (χ1n) is 6.55. The Labute approximate surface area is 139 Å². The van der Waals surface area contributed by atoms with Gasteiger partial charge in [0.15, 0.2) is 0 Å². The number of ether oxygens (including phenoxy) is 1. The highest BCUT2D eigenvalue weighted by molar-refractivity contribution is 7.92. The average molecular weight is 389 g/mol. The van der Waals surface area contributed by atoms with Crippen molar-refractivity contribution in [2.24, 2.45) is 0 Å². The lowest BCUT2D eigenvalue weighted by Crippen LogP contribution is -2.49. The summed E-state index contributed by atoms with van der Waals surface area (Å²) in [6.07, 6.45) is 0. The Kier molecular flexibility index (Phi) is 5.86. The monoisotopic (exact) mass is 388 g/mol. The second-order valence-electron chi connectivity index (χ2n) is 4.81. The van der Waals surface area contributed by atoms with Gasteiger partial charge in [-0.05, 0) is 19.1 Å². The van der Waals surface area contributed by atoms with Crippen molar-refractivity contribution >= 4 is 43.0 Å². The maximum atomic E-state index is 12.2. The fourth-order valence-corrected chi connectivity index (χ4v) is 6.31. The number of hydrogen-bond acceptors (Lipinski definition) is 6. The summed E-state index contributed by atoms with van der Waals surface area (Å²) in [6.45, 7) is 2.55. The van der Waals surface area contributed by atoms with Gasteiger partial charge in [-0.15, -0.1) is 11.3 Å². The van der Waals surface area contributed by atoms with Crippen molar-refractivity contribution in [1.82, 2.24) is 9.03 Å². The zero-order chi connectivity index (χ0) is 16.4. The summed E-state index contributed by atoms with van der Waals surface area (Å²) in [4.78, 5) is 0. The maximum absolute atomic E-state index is 12.2. The molecule has 1 fully saturated rings. The summed E-state index contributed by atoms with van der Waals surface area (Å²) in [7, 11) is -7.26. The maximum Gasteiger partial charge on any atom is 0.250 e. The smallest absolute Gasteiger partial charge is 0.250 e. The van der Waals surface area contributed by atoms with Crippen LogP contribution in [0.2, 0.25) is 4.34 Å². The normalized spacial score (nSPS) is 21.1. The number of halogens is 1. The predicted molar refractivity (Wildman–Crippen MR) is 85.3 cm³/mol. The predicted octanol–water partition coefficient (Wildman–Crippen LogP) is 0.730. The standard InChI is InChI=1S/C11H17ClN2O5S3/c1-9-8-19-6-5-14(9)21(15,16)7-4-13-22(17,18)11-3-2-10(12)20-11/h2-3,9,13H,4-8H2,1H3. The van der Waals surface area contributed by atoms with Gasteiger partial charge in [-0.3, -0.25) is 0 Å². The molecular formula is C11H17ClN2O5S3. The molecule has 1 saturated heterocycles. The van der Waals surface area contributed by atoms with Gasteiger partial charge in [0, 0.05) is 19.1 Å². The summed E-state index contributed by atoms with van der Waals surface area (Å²) in [6, 6.07) is 2.62. The molecule has 1 aromatic heterocycles. The van der Waals surface area contributed by atoms with Crippen LogP contribution in [0.25, 0.3) is 0 Å². The molecule has 2 rings (SSSR count). The summed E-state index contributed by atoms with van der Waals surface area (Å²) in [5.74, 6) is -0.296. The Hall–Kier alpha value is -0.230. The minimum absolute atomic E-state index is 0.0645. The van der Waals surface area contributed by atoms with E-state index in [1.807, 2.05) is 0 Å². The van der Waals surface area contributed by atoms with Crippen LogP contribution < -0.4 is 4.72 Å². The lowest BCUT2D eigenvalue weighted by Gasteiger charge is -2.32. The Morgan fingerprint density at radius 1 is 1.41 bits per heavy atom. The van der Waals surface area contributed by atoms with E-state index in [1.54, 1.807) is 6.92 Å². The van der Waals surface area contributed by atoms with Crippen molar-refractivity contribution in [2.45, 2.75) is 17.2 Å². The van der Waals surface area contributed by atoms with Gasteiger partial charge in [0.05, 0.1) is 23.3 Å². The van der Waals surface area contributed by atoms with Gasteiger partial charge < -0.3 is 4.74 Å². The molecule has 0 spiro atoms. The van der Waals surface area contributed by atoms with Crippen molar-refractivity contribution in [3.05, 3.63) is 16.5 Å². The molecule has 1 unspecified atom stereocenters. The largest absolute Gasteiger partial charge is 0.378 e. The van der Waals surface area contributed by atoms with Crippen molar-refractivity contribution in [2.75, 3.05) is 32.1 Å². The van der Waals surface area contributed by atoms with Gasteiger partial charge in [-0.1, -0.05) is 11.6 Å². The van der Waals surface area contributed by atoms with E-state index in [9.17, 15) is 16.8 Å². The van der Waals surface area contributed by atoms with E-state index in [0.717, 1.165) is 11.3 Å². The highest BCUT2D eigenvalue weighted by Gasteiger charge is 2.30. The van der Waals surface area contributed by atoms with Crippen molar-refractivity contribution in [3.63, 3.8) is 0 Å². The Morgan fingerprint density at radius 3 is 2.73 bits per heavy atom. The number of rotatable bonds is 6. The third kappa shape index (κ3) is 4.40. The number of sulfonamides is 2. The van der Waals surface area contributed by atoms with Crippen LogP contribution in [-0.4, -0.2) is 59.2 Å². The van der Waals surface area contributed by atoms with Crippen LogP contribution in [0, 0.1) is 0 Å². The van der Waals surface area contributed by atoms with Crippen LogP contribution in [0.1, 0.15) is 6.92 Å². The summed E-state index contributed by atoms with van der Waals surface area (Å²) in [5.41, 5.74) is 0. The average Bonchev–Trinajstić information content (AvgIpc) is 2.86. The van der Waals surface area contributed by atoms with E-state index in [4.69, 9.17) is 16.3 Å². The Balaban J connectivity index is 1.95. The molecule has 1 N–H and O–H groups in total. The van der Waals surface area contributed by atoms with Crippen LogP contribution in [0.5, 0.6) is 0 Å². The first kappa shape index (κ1) is 18.1. The lowest BCUT2D eigenvalue weighted by molar-refractivity contribution is 0.0393. The first-order valence-corrected chi connectivity index (χ1v) is 10.8. The van der Waals surface area contributed by atoms with Gasteiger partial charge in [0.1, 0.15) is 4.21 Å². The molecule has 7 nitrogen and oxygen atoms in total. The molecule has 0 amide bonds. The van der Waals surface area contributed by atoms with Crippen molar-refractivity contribution in [3.8, 4) is 0 Å². The van der Waals surface area contributed by atoms with Crippen LogP contribution in [-0.2, 0) is 24.8 Å². The van der Waals surface area contributed by atoms with E-state index in [0.29, 0.717) is 17.6 Å². The van der Waals surface area contributed by atoms with Gasteiger partial charge >= 0.3 is 0 Å². The minimum atomic E-state index is -3.73. The molecule has 0 aliphatic carbocycles. The third-order valence-electron chi connectivity index (χ3n) is 3.13. The van der Waals surface area contributed by atoms with Gasteiger partial charge in [0.25, 0.3) is 0 Å². The van der Waals surface area contributed by atoms with Crippen LogP contribution in [0.4, 0.5) is 0 Å². The van der Waals surface area contributed by atoms with Crippen LogP contribution in [0.15, 0.2) is 16.3 Å². The summed E-state index contributed by atoms with van der Waals surface area (Å²) in [5, 5.41) is 0. The van der Waals surface area contributed by atoms with Crippen LogP contribution >= 0.6 is 22.9 Å². The van der Waals surface area contributed by atoms with Gasteiger partial charge in [-0.2, -0.15) is 4.31 Å². The number of hydrogen-bond donors (Lipinski definition) is 1. The molecule has 22 heavy (non-hydrogen) atoms. The van der Waals surface area contributed by atoms with E-state index in [1.165, 1.54) is 16.4 Å². The van der Waals surface area contributed by atoms with E-state index < -0.39 is 20.0 Å². The lowest BCUT2D eigenvalue weighted by atomic mass is 10.3. The molecule has 126 valence electrons. The van der Waals surface area contributed by atoms with Crippen LogP contribution in [0.3, 0.4) is 0 Å². The molecule has 1 aliphatic rings. The topological polar surface area (TPSA) is 92.8 Å². The summed E-state index contributed by atoms with van der Waals surface area (Å²) < 4.78 is 57.7. The molecular weight excluding hydrogens is 372 g/mol. The van der Waals surface area contributed by atoms with Gasteiger partial charge in [-0.25, -0.2) is 21.6 Å². The first-order chi connectivity index (χ1) is 10.2. The fraction of sp³-hybridized carbons (Fsp3) is 0.636. The highest BCUT2D eigenvalue weighted by atomic mass is 35.5. The molecule has 0 saturated carbocycles. The third-order valence-corrected chi connectivity index (χ3v) is 8.29. The van der Waals surface area contributed by atoms with Gasteiger partial charge in [0.2, 0.25) is 20.0 Å². The van der Waals surface area contributed by atoms with Crippen molar-refractivity contribution in [1.29, 1.82) is 0 Å². The SMILES string of the molecule is CC1COCCN1S(=O)(=O)CCNS(=O)(=O)c1ccc(Cl)s1. The summed E-state index contributed by atoms with van der Waals surface area (Å²) >= 11 is 6.62. The quantitative estimate of drug-likeness (QED) is 0.775. The second-order valence-corrected chi connectivity index (χ2v) is 10.6. The Morgan fingerprint density at radius 2 is 2.14 bits per heavy atom. The minimum Gasteiger partial charge on any atom is -0.378 e. The zero-order valence-electron chi connectivity index (χ0n) is 11.9. The van der Waals surface area contributed by atoms with E-state index >= 15 is 0 Å². The van der Waals surface area contributed by atoms with E-state index in [-0.39, 0.29) is 29.1 Å². The number of thiophene rings is 1. The van der Waals surface area contributed by atoms with E-state index in [2.05, 4.69) is 4.72 Å². The molecule has 11 heteroatoms. The number of nitrogens with one attached hydrogen (secondary N) is 1. The fourth-order valence-electron chi connectivity index (χ4n) is 2.06. The molecule has 2 heterocycles. The molecule has 0 bridgehead atoms. The second kappa shape index (κ2) is 7.12. The number of nitrogens with zero attached hydrogens (tertiary/aromatic N) is 1. The Bertz CT molecular complexity index is 716. The highest BCUT2D eigenvalue weighted by Crippen LogP contribution is 2.25. The molecule has 1 atom stereocenters. The molecule has 1 aromatic rings. The molecule has 0 radical (unpaired) electrons. The number of morpholine rings is 1. The zero-order valence-corrected chi connectivity index (χ0v) is 15.1. The molecule has 0 aromatic carbocycles. The molecule has 1 aliphatic heterocycles.